The molecule has 22 heavy (non-hydrogen) atoms. The first-order valence-corrected chi connectivity index (χ1v) is 7.58. The van der Waals surface area contributed by atoms with Crippen molar-refractivity contribution in [1.29, 1.82) is 0 Å². The average Bonchev–Trinajstić information content (AvgIpc) is 2.93. The van der Waals surface area contributed by atoms with Crippen molar-refractivity contribution in [2.24, 2.45) is 0 Å². The van der Waals surface area contributed by atoms with E-state index >= 15 is 0 Å². The molecule has 0 bridgehead atoms. The quantitative estimate of drug-likeness (QED) is 0.705. The lowest BCUT2D eigenvalue weighted by atomic mass is 10.2. The van der Waals surface area contributed by atoms with Crippen LogP contribution in [-0.4, -0.2) is 26.6 Å². The number of aryl methyl sites for hydroxylation is 1. The Labute approximate surface area is 129 Å². The molecule has 0 aliphatic rings. The van der Waals surface area contributed by atoms with E-state index in [2.05, 4.69) is 22.4 Å². The smallest absolute Gasteiger partial charge is 0.143 e. The summed E-state index contributed by atoms with van der Waals surface area (Å²) in [6, 6.07) is 11.3. The van der Waals surface area contributed by atoms with Crippen LogP contribution in [0.1, 0.15) is 25.3 Å². The summed E-state index contributed by atoms with van der Waals surface area (Å²) in [5.74, 6) is 0.173. The molecule has 0 saturated carbocycles. The molecule has 0 radical (unpaired) electrons. The van der Waals surface area contributed by atoms with Gasteiger partial charge >= 0.3 is 0 Å². The minimum absolute atomic E-state index is 0.173. The maximum Gasteiger partial charge on any atom is 0.143 e. The van der Waals surface area contributed by atoms with Crippen molar-refractivity contribution in [2.75, 3.05) is 11.9 Å². The second kappa shape index (κ2) is 6.05. The maximum absolute atomic E-state index is 10.00. The molecular weight excluding hydrogens is 276 g/mol. The molecule has 2 aromatic carbocycles. The number of hydrogen-bond donors (Lipinski definition) is 2. The van der Waals surface area contributed by atoms with Crippen LogP contribution in [0.5, 0.6) is 5.75 Å². The number of benzene rings is 2. The fourth-order valence-corrected chi connectivity index (χ4v) is 2.34. The van der Waals surface area contributed by atoms with E-state index in [9.17, 15) is 5.11 Å². The van der Waals surface area contributed by atoms with E-state index in [1.54, 1.807) is 6.07 Å². The zero-order chi connectivity index (χ0) is 15.5. The van der Waals surface area contributed by atoms with Crippen LogP contribution in [0.3, 0.4) is 0 Å². The number of anilines is 1. The molecule has 2 N–H and O–H groups in total. The van der Waals surface area contributed by atoms with Gasteiger partial charge in [-0.15, -0.1) is 15.0 Å². The van der Waals surface area contributed by atoms with Crippen LogP contribution in [0.2, 0.25) is 0 Å². The second-order valence-corrected chi connectivity index (χ2v) is 5.47. The number of aromatic nitrogens is 3. The first kappa shape index (κ1) is 14.4. The largest absolute Gasteiger partial charge is 0.506 e. The molecule has 0 saturated heterocycles. The van der Waals surface area contributed by atoms with Crippen molar-refractivity contribution < 1.29 is 5.11 Å². The Hall–Kier alpha value is -2.56. The second-order valence-electron chi connectivity index (χ2n) is 5.47. The number of aromatic hydroxyl groups is 1. The predicted molar refractivity (Wildman–Crippen MR) is 88.7 cm³/mol. The molecule has 1 aromatic heterocycles. The zero-order valence-corrected chi connectivity index (χ0v) is 12.9. The van der Waals surface area contributed by atoms with E-state index < -0.39 is 0 Å². The minimum atomic E-state index is 0.173. The van der Waals surface area contributed by atoms with E-state index in [1.807, 2.05) is 37.3 Å². The summed E-state index contributed by atoms with van der Waals surface area (Å²) < 4.78 is 0. The van der Waals surface area contributed by atoms with Crippen LogP contribution >= 0.6 is 0 Å². The van der Waals surface area contributed by atoms with Crippen LogP contribution in [0.15, 0.2) is 36.4 Å². The Morgan fingerprint density at radius 2 is 1.91 bits per heavy atom. The van der Waals surface area contributed by atoms with E-state index in [0.717, 1.165) is 41.7 Å². The Balaban J connectivity index is 1.94. The average molecular weight is 296 g/mol. The minimum Gasteiger partial charge on any atom is -0.506 e. The van der Waals surface area contributed by atoms with Gasteiger partial charge in [-0.2, -0.15) is 0 Å². The van der Waals surface area contributed by atoms with E-state index in [-0.39, 0.29) is 5.75 Å². The van der Waals surface area contributed by atoms with Crippen molar-refractivity contribution in [1.82, 2.24) is 15.0 Å². The molecule has 114 valence electrons. The summed E-state index contributed by atoms with van der Waals surface area (Å²) >= 11 is 0. The molecule has 5 heteroatoms. The van der Waals surface area contributed by atoms with Gasteiger partial charge in [0.25, 0.3) is 0 Å². The highest BCUT2D eigenvalue weighted by Gasteiger charge is 2.09. The van der Waals surface area contributed by atoms with Gasteiger partial charge in [-0.1, -0.05) is 19.4 Å². The van der Waals surface area contributed by atoms with Crippen LogP contribution in [0.25, 0.3) is 16.7 Å². The van der Waals surface area contributed by atoms with Crippen LogP contribution < -0.4 is 5.32 Å². The number of rotatable bonds is 5. The van der Waals surface area contributed by atoms with Gasteiger partial charge in [0.2, 0.25) is 0 Å². The van der Waals surface area contributed by atoms with Gasteiger partial charge in [0, 0.05) is 12.2 Å². The monoisotopic (exact) mass is 296 g/mol. The van der Waals surface area contributed by atoms with Gasteiger partial charge in [-0.25, -0.2) is 0 Å². The number of phenols is 1. The summed E-state index contributed by atoms with van der Waals surface area (Å²) in [6.45, 7) is 5.10. The summed E-state index contributed by atoms with van der Waals surface area (Å²) in [4.78, 5) is 1.49. The fraction of sp³-hybridized carbons (Fsp3) is 0.294. The lowest BCUT2D eigenvalue weighted by Crippen LogP contribution is -2.00. The van der Waals surface area contributed by atoms with Crippen LogP contribution in [0, 0.1) is 6.92 Å². The first-order chi connectivity index (χ1) is 10.7. The molecule has 1 heterocycles. The SMILES string of the molecule is CCCCNc1ccc2nn(-c3cc(C)ccc3O)nc2c1. The first-order valence-electron chi connectivity index (χ1n) is 7.58. The maximum atomic E-state index is 10.00. The van der Waals surface area contributed by atoms with Gasteiger partial charge in [0.1, 0.15) is 22.5 Å². The Bertz CT molecular complexity index is 794. The molecule has 0 aliphatic carbocycles. The lowest BCUT2D eigenvalue weighted by molar-refractivity contribution is 0.467. The molecule has 0 aliphatic heterocycles. The Morgan fingerprint density at radius 1 is 1.09 bits per heavy atom. The summed E-state index contributed by atoms with van der Waals surface area (Å²) in [5.41, 5.74) is 4.30. The normalized spacial score (nSPS) is 11.0. The third-order valence-electron chi connectivity index (χ3n) is 3.59. The van der Waals surface area contributed by atoms with Crippen molar-refractivity contribution >= 4 is 16.7 Å². The molecule has 0 amide bonds. The molecule has 0 atom stereocenters. The number of phenolic OH excluding ortho intramolecular Hbond substituents is 1. The Kier molecular flexibility index (Phi) is 3.96. The Morgan fingerprint density at radius 3 is 2.73 bits per heavy atom. The third kappa shape index (κ3) is 2.88. The highest BCUT2D eigenvalue weighted by molar-refractivity contribution is 5.78. The van der Waals surface area contributed by atoms with E-state index in [4.69, 9.17) is 0 Å². The topological polar surface area (TPSA) is 63.0 Å². The summed E-state index contributed by atoms with van der Waals surface area (Å²) in [7, 11) is 0. The van der Waals surface area contributed by atoms with E-state index in [1.165, 1.54) is 4.80 Å². The third-order valence-corrected chi connectivity index (χ3v) is 3.59. The van der Waals surface area contributed by atoms with Crippen LogP contribution in [0.4, 0.5) is 5.69 Å². The molecule has 0 fully saturated rings. The van der Waals surface area contributed by atoms with Crippen molar-refractivity contribution in [3.8, 4) is 11.4 Å². The number of hydrogen-bond acceptors (Lipinski definition) is 4. The van der Waals surface area contributed by atoms with Gasteiger partial charge in [0.15, 0.2) is 0 Å². The van der Waals surface area contributed by atoms with Gasteiger partial charge < -0.3 is 10.4 Å². The number of unbranched alkanes of at least 4 members (excludes halogenated alkanes) is 1. The fourth-order valence-electron chi connectivity index (χ4n) is 2.34. The van der Waals surface area contributed by atoms with Crippen molar-refractivity contribution in [3.63, 3.8) is 0 Å². The summed E-state index contributed by atoms with van der Waals surface area (Å²) in [6.07, 6.45) is 2.31. The van der Waals surface area contributed by atoms with Gasteiger partial charge in [-0.3, -0.25) is 0 Å². The highest BCUT2D eigenvalue weighted by Crippen LogP contribution is 2.23. The van der Waals surface area contributed by atoms with Gasteiger partial charge in [-0.05, 0) is 49.2 Å². The highest BCUT2D eigenvalue weighted by atomic mass is 16.3. The molecule has 3 rings (SSSR count). The molecular formula is C17H20N4O. The molecule has 0 unspecified atom stereocenters. The lowest BCUT2D eigenvalue weighted by Gasteiger charge is -2.04. The van der Waals surface area contributed by atoms with Crippen molar-refractivity contribution in [3.05, 3.63) is 42.0 Å². The zero-order valence-electron chi connectivity index (χ0n) is 12.9. The van der Waals surface area contributed by atoms with Gasteiger partial charge in [0.05, 0.1) is 0 Å². The number of nitrogens with one attached hydrogen (secondary N) is 1. The molecule has 5 nitrogen and oxygen atoms in total. The predicted octanol–water partition coefficient (Wildman–Crippen LogP) is 3.65. The van der Waals surface area contributed by atoms with Crippen LogP contribution in [-0.2, 0) is 0 Å². The number of fused-ring (bicyclic) bond motifs is 1. The standard InChI is InChI=1S/C17H20N4O/c1-3-4-9-18-13-6-7-14-15(11-13)20-21(19-14)16-10-12(2)5-8-17(16)22/h5-8,10-11,18,22H,3-4,9H2,1-2H3. The summed E-state index contributed by atoms with van der Waals surface area (Å²) in [5, 5.41) is 22.3. The van der Waals surface area contributed by atoms with E-state index in [0.29, 0.717) is 5.69 Å². The molecule has 3 aromatic rings. The molecule has 0 spiro atoms. The van der Waals surface area contributed by atoms with Crippen molar-refractivity contribution in [2.45, 2.75) is 26.7 Å². The number of nitrogens with zero attached hydrogens (tertiary/aromatic N) is 3.